The first kappa shape index (κ1) is 14.4. The number of nitrogens with zero attached hydrogens (tertiary/aromatic N) is 1. The van der Waals surface area contributed by atoms with Crippen molar-refractivity contribution in [2.75, 3.05) is 0 Å². The third-order valence-corrected chi connectivity index (χ3v) is 4.26. The maximum absolute atomic E-state index is 13.6. The largest absolute Gasteiger partial charge is 0.566 e. The fraction of sp³-hybridized carbons (Fsp3) is 0.100. The Bertz CT molecular complexity index is 713. The van der Waals surface area contributed by atoms with E-state index in [1.165, 1.54) is 12.1 Å². The second-order valence-corrected chi connectivity index (χ2v) is 5.99. The van der Waals surface area contributed by atoms with Gasteiger partial charge < -0.3 is 4.89 Å². The van der Waals surface area contributed by atoms with Crippen LogP contribution in [0.1, 0.15) is 10.4 Å². The van der Waals surface area contributed by atoms with Crippen LogP contribution in [0.4, 0.5) is 8.78 Å². The highest BCUT2D eigenvalue weighted by Crippen LogP contribution is 2.42. The molecular weight excluding hydrogens is 363 g/mol. The van der Waals surface area contributed by atoms with E-state index in [-0.39, 0.29) is 4.47 Å². The summed E-state index contributed by atoms with van der Waals surface area (Å²) in [6.45, 7) is 0. The molecule has 0 aliphatic carbocycles. The van der Waals surface area contributed by atoms with E-state index < -0.39 is 19.9 Å². The zero-order chi connectivity index (χ0) is 14.2. The molecule has 0 saturated heterocycles. The van der Waals surface area contributed by atoms with Gasteiger partial charge in [-0.1, -0.05) is 20.5 Å². The second kappa shape index (κ2) is 5.19. The maximum atomic E-state index is 13.6. The lowest BCUT2D eigenvalue weighted by Gasteiger charge is -2.12. The van der Waals surface area contributed by atoms with E-state index in [1.54, 1.807) is 0 Å². The molecule has 19 heavy (non-hydrogen) atoms. The van der Waals surface area contributed by atoms with Gasteiger partial charge in [-0.2, -0.15) is 14.0 Å². The molecule has 1 aromatic heterocycles. The summed E-state index contributed by atoms with van der Waals surface area (Å²) < 4.78 is 41.7. The van der Waals surface area contributed by atoms with Crippen molar-refractivity contribution in [1.82, 2.24) is 0 Å². The smallest absolute Gasteiger partial charge is 0.495 e. The molecule has 0 aliphatic heterocycles. The molecule has 0 amide bonds. The Balaban J connectivity index is 2.58. The van der Waals surface area contributed by atoms with Gasteiger partial charge in [-0.15, -0.1) is 11.3 Å². The van der Waals surface area contributed by atoms with Crippen molar-refractivity contribution in [2.24, 2.45) is 0 Å². The van der Waals surface area contributed by atoms with Crippen molar-refractivity contribution in [1.29, 1.82) is 5.26 Å². The molecular formula is C10H3BrF2NO3PS. The van der Waals surface area contributed by atoms with Crippen molar-refractivity contribution in [3.05, 3.63) is 33.1 Å². The summed E-state index contributed by atoms with van der Waals surface area (Å²) in [6, 6.07) is 5.85. The number of hydrogen-bond donors (Lipinski definition) is 0. The Morgan fingerprint density at radius 3 is 2.74 bits per heavy atom. The third kappa shape index (κ3) is 2.96. The summed E-state index contributed by atoms with van der Waals surface area (Å²) in [5.74, 6) is 0. The Hall–Kier alpha value is -0.970. The number of hydrogen-bond acceptors (Lipinski definition) is 5. The molecule has 9 heteroatoms. The predicted octanol–water partition coefficient (Wildman–Crippen LogP) is 3.62. The van der Waals surface area contributed by atoms with Crippen LogP contribution in [0.3, 0.4) is 0 Å². The van der Waals surface area contributed by atoms with Crippen LogP contribution in [0.15, 0.2) is 22.7 Å². The molecule has 98 valence electrons. The molecule has 0 spiro atoms. The van der Waals surface area contributed by atoms with E-state index in [1.807, 2.05) is 6.07 Å². The molecule has 0 radical (unpaired) electrons. The van der Waals surface area contributed by atoms with Crippen molar-refractivity contribution < 1.29 is 22.8 Å². The van der Waals surface area contributed by atoms with Crippen molar-refractivity contribution in [3.63, 3.8) is 0 Å². The number of halogens is 3. The van der Waals surface area contributed by atoms with Crippen LogP contribution in [-0.4, -0.2) is 0 Å². The Morgan fingerprint density at radius 1 is 1.47 bits per heavy atom. The van der Waals surface area contributed by atoms with Crippen LogP contribution in [0.2, 0.25) is 0 Å². The molecule has 0 bridgehead atoms. The van der Waals surface area contributed by atoms with Crippen molar-refractivity contribution in [3.8, 4) is 6.07 Å². The van der Waals surface area contributed by atoms with Gasteiger partial charge in [0.15, 0.2) is 0 Å². The number of benzene rings is 1. The van der Waals surface area contributed by atoms with E-state index in [2.05, 4.69) is 20.5 Å². The number of nitriles is 1. The Morgan fingerprint density at radius 2 is 2.16 bits per heavy atom. The normalized spacial score (nSPS) is 12.5. The van der Waals surface area contributed by atoms with Gasteiger partial charge in [0.2, 0.25) is 0 Å². The summed E-state index contributed by atoms with van der Waals surface area (Å²) in [4.78, 5) is 10.7. The van der Waals surface area contributed by atoms with Gasteiger partial charge in [-0.25, -0.2) is 0 Å². The molecule has 4 nitrogen and oxygen atoms in total. The van der Waals surface area contributed by atoms with Crippen LogP contribution in [0.25, 0.3) is 10.1 Å². The summed E-state index contributed by atoms with van der Waals surface area (Å²) in [7, 11) is -3.69. The quantitative estimate of drug-likeness (QED) is 0.778. The topological polar surface area (TPSA) is 73.1 Å². The van der Waals surface area contributed by atoms with Gasteiger partial charge >= 0.3 is 14.4 Å². The van der Waals surface area contributed by atoms with Crippen molar-refractivity contribution in [2.45, 2.75) is 6.11 Å². The van der Waals surface area contributed by atoms with Gasteiger partial charge in [0.25, 0.3) is 0 Å². The van der Waals surface area contributed by atoms with Gasteiger partial charge in [0.05, 0.1) is 5.56 Å². The molecule has 2 aromatic rings. The zero-order valence-corrected chi connectivity index (χ0v) is 12.2. The molecule has 1 aromatic carbocycles. The first-order chi connectivity index (χ1) is 8.83. The van der Waals surface area contributed by atoms with Crippen LogP contribution >= 0.6 is 35.5 Å². The summed E-state index contributed by atoms with van der Waals surface area (Å²) >= 11 is 4.09. The number of fused-ring (bicyclic) bond motifs is 1. The fourth-order valence-corrected chi connectivity index (χ4v) is 3.38. The van der Waals surface area contributed by atoms with Gasteiger partial charge in [-0.3, -0.25) is 0 Å². The average molecular weight is 366 g/mol. The fourth-order valence-electron chi connectivity index (χ4n) is 1.48. The molecule has 0 N–H and O–H groups in total. The van der Waals surface area contributed by atoms with Crippen LogP contribution in [-0.2, 0) is 15.2 Å². The summed E-state index contributed by atoms with van der Waals surface area (Å²) in [5.41, 5.74) is -0.610. The van der Waals surface area contributed by atoms with Gasteiger partial charge in [0.1, 0.15) is 10.9 Å². The van der Waals surface area contributed by atoms with Crippen molar-refractivity contribution >= 4 is 45.6 Å². The molecule has 1 unspecified atom stereocenters. The highest BCUT2D eigenvalue weighted by atomic mass is 79.9. The van der Waals surface area contributed by atoms with E-state index in [9.17, 15) is 18.2 Å². The Kier molecular flexibility index (Phi) is 3.95. The van der Waals surface area contributed by atoms with Crippen LogP contribution in [0, 0.1) is 11.3 Å². The first-order valence-electron chi connectivity index (χ1n) is 4.68. The predicted molar refractivity (Wildman–Crippen MR) is 66.8 cm³/mol. The summed E-state index contributed by atoms with van der Waals surface area (Å²) in [6.07, 6.45) is -3.96. The van der Waals surface area contributed by atoms with E-state index in [0.717, 1.165) is 17.4 Å². The molecule has 1 atom stereocenters. The highest BCUT2D eigenvalue weighted by molar-refractivity contribution is 9.10. The average Bonchev–Trinajstić information content (AvgIpc) is 2.67. The van der Waals surface area contributed by atoms with Crippen LogP contribution < -0.4 is 4.89 Å². The van der Waals surface area contributed by atoms with E-state index >= 15 is 0 Å². The maximum Gasteiger partial charge on any atom is 0.495 e. The first-order valence-corrected chi connectivity index (χ1v) is 7.39. The standard InChI is InChI=1S/C10H3BrF2NO3PS/c11-8-3-9-5(1-6(4-14)19-9)2-7(8)10(12,13)17-18(15)16/h1-3H. The van der Waals surface area contributed by atoms with E-state index in [0.29, 0.717) is 15.0 Å². The lowest BCUT2D eigenvalue weighted by molar-refractivity contribution is -0.247. The highest BCUT2D eigenvalue weighted by Gasteiger charge is 2.42. The van der Waals surface area contributed by atoms with Gasteiger partial charge in [-0.05, 0) is 28.2 Å². The molecule has 2 rings (SSSR count). The number of alkyl halides is 2. The molecule has 0 aliphatic rings. The lowest BCUT2D eigenvalue weighted by Crippen LogP contribution is -2.17. The monoisotopic (exact) mass is 365 g/mol. The lowest BCUT2D eigenvalue weighted by atomic mass is 10.1. The SMILES string of the molecule is N#Cc1cc2cc(C(F)(F)O[P+](=O)[O-])c(Br)cc2s1. The molecule has 1 heterocycles. The minimum absolute atomic E-state index is 0.00758. The zero-order valence-electron chi connectivity index (χ0n) is 8.89. The number of rotatable bonds is 3. The Labute approximate surface area is 119 Å². The third-order valence-electron chi connectivity index (χ3n) is 2.22. The minimum atomic E-state index is -3.96. The van der Waals surface area contributed by atoms with E-state index in [4.69, 9.17) is 5.26 Å². The van der Waals surface area contributed by atoms with Gasteiger partial charge in [0, 0.05) is 9.17 Å². The second-order valence-electron chi connectivity index (χ2n) is 3.42. The molecule has 0 saturated carbocycles. The van der Waals surface area contributed by atoms with Crippen LogP contribution in [0.5, 0.6) is 0 Å². The molecule has 0 fully saturated rings. The number of thiophene rings is 1. The minimum Gasteiger partial charge on any atom is -0.566 e. The summed E-state index contributed by atoms with van der Waals surface area (Å²) in [5, 5.41) is 9.17.